The maximum Gasteiger partial charge on any atom is 0.235 e. The Labute approximate surface area is 98.8 Å². The maximum atomic E-state index is 11.2. The molecule has 0 saturated carbocycles. The molecule has 0 spiro atoms. The number of alkyl halides is 1. The number of aromatic amines is 1. The molecule has 1 aromatic carbocycles. The van der Waals surface area contributed by atoms with Gasteiger partial charge in [-0.1, -0.05) is 18.2 Å². The highest BCUT2D eigenvalue weighted by Crippen LogP contribution is 2.19. The Morgan fingerprint density at radius 3 is 2.94 bits per heavy atom. The SMILES string of the molecule is CC(NC(=O)CCl)c1cc2ccccc2[nH]1. The zero-order valence-corrected chi connectivity index (χ0v) is 9.71. The normalized spacial score (nSPS) is 12.6. The molecule has 1 amide bonds. The highest BCUT2D eigenvalue weighted by Gasteiger charge is 2.10. The van der Waals surface area contributed by atoms with Crippen LogP contribution in [0.1, 0.15) is 18.7 Å². The van der Waals surface area contributed by atoms with Gasteiger partial charge in [-0.05, 0) is 24.4 Å². The molecule has 0 bridgehead atoms. The number of nitrogens with one attached hydrogen (secondary N) is 2. The monoisotopic (exact) mass is 236 g/mol. The fourth-order valence-electron chi connectivity index (χ4n) is 1.69. The molecule has 1 unspecified atom stereocenters. The summed E-state index contributed by atoms with van der Waals surface area (Å²) >= 11 is 5.44. The van der Waals surface area contributed by atoms with E-state index in [1.165, 1.54) is 0 Å². The van der Waals surface area contributed by atoms with Crippen LogP contribution in [0.3, 0.4) is 0 Å². The number of benzene rings is 1. The molecular formula is C12H13ClN2O. The first-order chi connectivity index (χ1) is 7.70. The van der Waals surface area contributed by atoms with Crippen molar-refractivity contribution in [3.63, 3.8) is 0 Å². The molecular weight excluding hydrogens is 224 g/mol. The van der Waals surface area contributed by atoms with Crippen LogP contribution >= 0.6 is 11.6 Å². The molecule has 4 heteroatoms. The summed E-state index contributed by atoms with van der Waals surface area (Å²) in [6, 6.07) is 9.99. The summed E-state index contributed by atoms with van der Waals surface area (Å²) in [5, 5.41) is 3.95. The van der Waals surface area contributed by atoms with E-state index in [-0.39, 0.29) is 17.8 Å². The van der Waals surface area contributed by atoms with Gasteiger partial charge >= 0.3 is 0 Å². The first-order valence-electron chi connectivity index (χ1n) is 5.13. The molecule has 0 aliphatic rings. The molecule has 0 aliphatic heterocycles. The highest BCUT2D eigenvalue weighted by molar-refractivity contribution is 6.27. The van der Waals surface area contributed by atoms with E-state index < -0.39 is 0 Å². The van der Waals surface area contributed by atoms with Gasteiger partial charge in [-0.25, -0.2) is 0 Å². The number of para-hydroxylation sites is 1. The number of fused-ring (bicyclic) bond motifs is 1. The van der Waals surface area contributed by atoms with Gasteiger partial charge in [-0.3, -0.25) is 4.79 Å². The number of hydrogen-bond donors (Lipinski definition) is 2. The molecule has 0 aliphatic carbocycles. The number of amides is 1. The fourth-order valence-corrected chi connectivity index (χ4v) is 1.76. The van der Waals surface area contributed by atoms with Crippen molar-refractivity contribution in [3.8, 4) is 0 Å². The molecule has 2 rings (SSSR count). The van der Waals surface area contributed by atoms with Gasteiger partial charge < -0.3 is 10.3 Å². The summed E-state index contributed by atoms with van der Waals surface area (Å²) in [6.45, 7) is 1.93. The van der Waals surface area contributed by atoms with Gasteiger partial charge in [0.1, 0.15) is 5.88 Å². The molecule has 0 radical (unpaired) electrons. The standard InChI is InChI=1S/C12H13ClN2O/c1-8(14-12(16)7-13)11-6-9-4-2-3-5-10(9)15-11/h2-6,8,15H,7H2,1H3,(H,14,16). The Morgan fingerprint density at radius 2 is 2.25 bits per heavy atom. The van der Waals surface area contributed by atoms with Crippen molar-refractivity contribution in [2.45, 2.75) is 13.0 Å². The van der Waals surface area contributed by atoms with Crippen LogP contribution in [0, 0.1) is 0 Å². The van der Waals surface area contributed by atoms with Crippen LogP contribution in [0.2, 0.25) is 0 Å². The molecule has 3 nitrogen and oxygen atoms in total. The third kappa shape index (κ3) is 2.19. The van der Waals surface area contributed by atoms with E-state index in [9.17, 15) is 4.79 Å². The molecule has 2 N–H and O–H groups in total. The average molecular weight is 237 g/mol. The predicted octanol–water partition coefficient (Wildman–Crippen LogP) is 2.58. The number of hydrogen-bond acceptors (Lipinski definition) is 1. The quantitative estimate of drug-likeness (QED) is 0.791. The number of carbonyl (C=O) groups is 1. The molecule has 1 heterocycles. The Bertz CT molecular complexity index is 473. The number of carbonyl (C=O) groups excluding carboxylic acids is 1. The van der Waals surface area contributed by atoms with Gasteiger partial charge in [-0.15, -0.1) is 11.6 Å². The van der Waals surface area contributed by atoms with E-state index in [0.29, 0.717) is 0 Å². The van der Waals surface area contributed by atoms with Crippen LogP contribution in [-0.2, 0) is 4.79 Å². The molecule has 0 fully saturated rings. The minimum Gasteiger partial charge on any atom is -0.357 e. The van der Waals surface area contributed by atoms with Crippen LogP contribution < -0.4 is 5.32 Å². The average Bonchev–Trinajstić information content (AvgIpc) is 2.72. The van der Waals surface area contributed by atoms with E-state index in [1.807, 2.05) is 37.3 Å². The number of halogens is 1. The van der Waals surface area contributed by atoms with Crippen molar-refractivity contribution in [2.75, 3.05) is 5.88 Å². The van der Waals surface area contributed by atoms with Crippen LogP contribution in [-0.4, -0.2) is 16.8 Å². The summed E-state index contributed by atoms with van der Waals surface area (Å²) in [4.78, 5) is 14.4. The van der Waals surface area contributed by atoms with E-state index in [4.69, 9.17) is 11.6 Å². The second-order valence-corrected chi connectivity index (χ2v) is 4.00. The second-order valence-electron chi connectivity index (χ2n) is 3.73. The fraction of sp³-hybridized carbons (Fsp3) is 0.250. The molecule has 1 aromatic heterocycles. The topological polar surface area (TPSA) is 44.9 Å². The van der Waals surface area contributed by atoms with E-state index in [2.05, 4.69) is 10.3 Å². The Kier molecular flexibility index (Phi) is 3.15. The third-order valence-electron chi connectivity index (χ3n) is 2.52. The lowest BCUT2D eigenvalue weighted by atomic mass is 10.2. The lowest BCUT2D eigenvalue weighted by molar-refractivity contribution is -0.119. The maximum absolute atomic E-state index is 11.2. The van der Waals surface area contributed by atoms with Crippen molar-refractivity contribution in [1.29, 1.82) is 0 Å². The highest BCUT2D eigenvalue weighted by atomic mass is 35.5. The largest absolute Gasteiger partial charge is 0.357 e. The second kappa shape index (κ2) is 4.58. The Hall–Kier alpha value is -1.48. The molecule has 0 saturated heterocycles. The van der Waals surface area contributed by atoms with Crippen LogP contribution in [0.4, 0.5) is 0 Å². The van der Waals surface area contributed by atoms with Crippen molar-refractivity contribution in [1.82, 2.24) is 10.3 Å². The van der Waals surface area contributed by atoms with Gasteiger partial charge in [0.05, 0.1) is 6.04 Å². The van der Waals surface area contributed by atoms with Gasteiger partial charge in [0.15, 0.2) is 0 Å². The van der Waals surface area contributed by atoms with Crippen LogP contribution in [0.15, 0.2) is 30.3 Å². The van der Waals surface area contributed by atoms with E-state index in [0.717, 1.165) is 16.6 Å². The first kappa shape index (κ1) is 11.0. The van der Waals surface area contributed by atoms with Crippen LogP contribution in [0.5, 0.6) is 0 Å². The minimum atomic E-state index is -0.159. The van der Waals surface area contributed by atoms with Gasteiger partial charge in [0.2, 0.25) is 5.91 Å². The third-order valence-corrected chi connectivity index (χ3v) is 2.76. The number of H-pyrrole nitrogens is 1. The van der Waals surface area contributed by atoms with E-state index >= 15 is 0 Å². The lowest BCUT2D eigenvalue weighted by Gasteiger charge is -2.10. The summed E-state index contributed by atoms with van der Waals surface area (Å²) in [5.41, 5.74) is 2.06. The molecule has 16 heavy (non-hydrogen) atoms. The zero-order chi connectivity index (χ0) is 11.5. The molecule has 2 aromatic rings. The number of aromatic nitrogens is 1. The van der Waals surface area contributed by atoms with Crippen molar-refractivity contribution >= 4 is 28.4 Å². The Balaban J connectivity index is 2.23. The van der Waals surface area contributed by atoms with Gasteiger partial charge in [0.25, 0.3) is 0 Å². The van der Waals surface area contributed by atoms with Crippen LogP contribution in [0.25, 0.3) is 10.9 Å². The Morgan fingerprint density at radius 1 is 1.50 bits per heavy atom. The lowest BCUT2D eigenvalue weighted by Crippen LogP contribution is -2.27. The van der Waals surface area contributed by atoms with Gasteiger partial charge in [-0.2, -0.15) is 0 Å². The summed E-state index contributed by atoms with van der Waals surface area (Å²) in [6.07, 6.45) is 0. The molecule has 1 atom stereocenters. The van der Waals surface area contributed by atoms with E-state index in [1.54, 1.807) is 0 Å². The zero-order valence-electron chi connectivity index (χ0n) is 8.96. The summed E-state index contributed by atoms with van der Waals surface area (Å²) in [5.74, 6) is -0.169. The summed E-state index contributed by atoms with van der Waals surface area (Å²) < 4.78 is 0. The van der Waals surface area contributed by atoms with Crippen molar-refractivity contribution < 1.29 is 4.79 Å². The number of rotatable bonds is 3. The first-order valence-corrected chi connectivity index (χ1v) is 5.67. The summed E-state index contributed by atoms with van der Waals surface area (Å²) in [7, 11) is 0. The molecule has 84 valence electrons. The van der Waals surface area contributed by atoms with Crippen molar-refractivity contribution in [2.24, 2.45) is 0 Å². The smallest absolute Gasteiger partial charge is 0.235 e. The minimum absolute atomic E-state index is 0.00936. The van der Waals surface area contributed by atoms with Gasteiger partial charge in [0, 0.05) is 11.2 Å². The predicted molar refractivity (Wildman–Crippen MR) is 65.6 cm³/mol. The van der Waals surface area contributed by atoms with Crippen molar-refractivity contribution in [3.05, 3.63) is 36.0 Å².